The van der Waals surface area contributed by atoms with E-state index in [1.165, 1.54) is 0 Å². The third kappa shape index (κ3) is 2.47. The van der Waals surface area contributed by atoms with Crippen molar-refractivity contribution in [2.75, 3.05) is 7.05 Å². The molecule has 2 heterocycles. The number of carbonyl (C=O) groups excluding carboxylic acids is 1. The van der Waals surface area contributed by atoms with Crippen LogP contribution in [-0.2, 0) is 13.0 Å². The lowest BCUT2D eigenvalue weighted by Crippen LogP contribution is -2.27. The number of imidazole rings is 1. The summed E-state index contributed by atoms with van der Waals surface area (Å²) in [6.07, 6.45) is 0.664. The first-order valence-corrected chi connectivity index (χ1v) is 7.24. The Hall–Kier alpha value is -2.63. The number of aromatic nitrogens is 3. The molecule has 0 radical (unpaired) electrons. The number of amides is 1. The number of aryl methyl sites for hydroxylation is 2. The number of rotatable bonds is 4. The highest BCUT2D eigenvalue weighted by Crippen LogP contribution is 2.17. The minimum atomic E-state index is -0.101. The van der Waals surface area contributed by atoms with Crippen LogP contribution < -0.4 is 0 Å². The summed E-state index contributed by atoms with van der Waals surface area (Å²) in [4.78, 5) is 22.0. The van der Waals surface area contributed by atoms with Crippen LogP contribution in [0.1, 0.15) is 34.6 Å². The van der Waals surface area contributed by atoms with E-state index in [0.29, 0.717) is 30.0 Å². The molecule has 0 bridgehead atoms. The number of H-pyrrole nitrogens is 1. The topological polar surface area (TPSA) is 75.0 Å². The maximum absolute atomic E-state index is 12.6. The van der Waals surface area contributed by atoms with Gasteiger partial charge in [0.05, 0.1) is 23.3 Å². The number of aromatic amines is 1. The first kappa shape index (κ1) is 14.3. The summed E-state index contributed by atoms with van der Waals surface area (Å²) in [5.41, 5.74) is 3.11. The van der Waals surface area contributed by atoms with Gasteiger partial charge in [-0.1, -0.05) is 24.2 Å². The van der Waals surface area contributed by atoms with Gasteiger partial charge in [0.25, 0.3) is 5.91 Å². The van der Waals surface area contributed by atoms with Crippen molar-refractivity contribution in [1.82, 2.24) is 20.0 Å². The van der Waals surface area contributed by atoms with Crippen molar-refractivity contribution in [2.45, 2.75) is 26.8 Å². The van der Waals surface area contributed by atoms with Gasteiger partial charge in [0.1, 0.15) is 17.1 Å². The van der Waals surface area contributed by atoms with E-state index in [1.807, 2.05) is 31.2 Å². The number of fused-ring (bicyclic) bond motifs is 1. The summed E-state index contributed by atoms with van der Waals surface area (Å²) < 4.78 is 5.14. The Morgan fingerprint density at radius 2 is 2.14 bits per heavy atom. The summed E-state index contributed by atoms with van der Waals surface area (Å²) in [5.74, 6) is 1.21. The van der Waals surface area contributed by atoms with Crippen molar-refractivity contribution in [3.8, 4) is 0 Å². The van der Waals surface area contributed by atoms with Crippen LogP contribution in [0.4, 0.5) is 0 Å². The average molecular weight is 298 g/mol. The molecule has 1 aromatic carbocycles. The molecule has 0 unspecified atom stereocenters. The van der Waals surface area contributed by atoms with Crippen LogP contribution in [0.2, 0.25) is 0 Å². The maximum atomic E-state index is 12.6. The van der Waals surface area contributed by atoms with Crippen molar-refractivity contribution >= 4 is 16.9 Å². The van der Waals surface area contributed by atoms with Gasteiger partial charge in [-0.2, -0.15) is 0 Å². The number of benzene rings is 1. The summed E-state index contributed by atoms with van der Waals surface area (Å²) in [5, 5.41) is 3.93. The number of hydrogen-bond acceptors (Lipinski definition) is 4. The Balaban J connectivity index is 1.82. The second-order valence-corrected chi connectivity index (χ2v) is 5.28. The molecule has 6 nitrogen and oxygen atoms in total. The molecule has 0 spiro atoms. The molecule has 2 aromatic heterocycles. The molecule has 6 heteroatoms. The molecule has 3 rings (SSSR count). The average Bonchev–Trinajstić information content (AvgIpc) is 3.08. The smallest absolute Gasteiger partial charge is 0.259 e. The van der Waals surface area contributed by atoms with E-state index in [9.17, 15) is 4.79 Å². The van der Waals surface area contributed by atoms with Crippen molar-refractivity contribution in [2.24, 2.45) is 0 Å². The zero-order valence-corrected chi connectivity index (χ0v) is 12.9. The normalized spacial score (nSPS) is 11.0. The maximum Gasteiger partial charge on any atom is 0.259 e. The summed E-state index contributed by atoms with van der Waals surface area (Å²) in [6, 6.07) is 7.80. The summed E-state index contributed by atoms with van der Waals surface area (Å²) in [6.45, 7) is 4.11. The summed E-state index contributed by atoms with van der Waals surface area (Å²) in [7, 11) is 1.75. The lowest BCUT2D eigenvalue weighted by Gasteiger charge is -2.15. The molecule has 0 atom stereocenters. The van der Waals surface area contributed by atoms with E-state index in [2.05, 4.69) is 15.1 Å². The first-order chi connectivity index (χ1) is 10.6. The molecule has 1 N–H and O–H groups in total. The lowest BCUT2D eigenvalue weighted by molar-refractivity contribution is 0.0779. The predicted molar refractivity (Wildman–Crippen MR) is 82.5 cm³/mol. The van der Waals surface area contributed by atoms with Gasteiger partial charge in [0, 0.05) is 7.05 Å². The molecule has 22 heavy (non-hydrogen) atoms. The molecular weight excluding hydrogens is 280 g/mol. The fraction of sp³-hybridized carbons (Fsp3) is 0.312. The highest BCUT2D eigenvalue weighted by Gasteiger charge is 2.23. The van der Waals surface area contributed by atoms with Gasteiger partial charge < -0.3 is 14.4 Å². The first-order valence-electron chi connectivity index (χ1n) is 7.24. The standard InChI is InChI=1S/C16H18N4O2/c1-4-11-15(10(2)22-19-11)16(21)20(3)9-14-17-12-7-5-6-8-13(12)18-14/h5-8H,4,9H2,1-3H3,(H,17,18). The summed E-state index contributed by atoms with van der Waals surface area (Å²) >= 11 is 0. The second kappa shape index (κ2) is 5.63. The molecule has 114 valence electrons. The van der Waals surface area contributed by atoms with Crippen LogP contribution in [0, 0.1) is 6.92 Å². The van der Waals surface area contributed by atoms with Crippen molar-refractivity contribution in [1.29, 1.82) is 0 Å². The zero-order chi connectivity index (χ0) is 15.7. The molecule has 0 saturated heterocycles. The lowest BCUT2D eigenvalue weighted by atomic mass is 10.1. The van der Waals surface area contributed by atoms with Gasteiger partial charge >= 0.3 is 0 Å². The van der Waals surface area contributed by atoms with E-state index in [0.717, 1.165) is 16.9 Å². The number of hydrogen-bond donors (Lipinski definition) is 1. The number of carbonyl (C=O) groups is 1. The third-order valence-electron chi connectivity index (χ3n) is 3.65. The predicted octanol–water partition coefficient (Wildman–Crippen LogP) is 2.69. The number of nitrogens with one attached hydrogen (secondary N) is 1. The Morgan fingerprint density at radius 3 is 2.86 bits per heavy atom. The van der Waals surface area contributed by atoms with E-state index in [1.54, 1.807) is 18.9 Å². The quantitative estimate of drug-likeness (QED) is 0.803. The van der Waals surface area contributed by atoms with E-state index in [-0.39, 0.29) is 5.91 Å². The van der Waals surface area contributed by atoms with E-state index >= 15 is 0 Å². The molecular formula is C16H18N4O2. The highest BCUT2D eigenvalue weighted by atomic mass is 16.5. The van der Waals surface area contributed by atoms with Crippen LogP contribution in [-0.4, -0.2) is 33.0 Å². The van der Waals surface area contributed by atoms with E-state index in [4.69, 9.17) is 4.52 Å². The number of nitrogens with zero attached hydrogens (tertiary/aromatic N) is 3. The minimum absolute atomic E-state index is 0.101. The van der Waals surface area contributed by atoms with Crippen LogP contribution in [0.25, 0.3) is 11.0 Å². The molecule has 0 aliphatic carbocycles. The van der Waals surface area contributed by atoms with E-state index < -0.39 is 0 Å². The van der Waals surface area contributed by atoms with Gasteiger partial charge in [-0.15, -0.1) is 0 Å². The molecule has 1 amide bonds. The molecule has 0 fully saturated rings. The van der Waals surface area contributed by atoms with Gasteiger partial charge in [-0.05, 0) is 25.5 Å². The second-order valence-electron chi connectivity index (χ2n) is 5.28. The molecule has 0 aliphatic rings. The largest absolute Gasteiger partial charge is 0.361 e. The number of para-hydroxylation sites is 2. The Morgan fingerprint density at radius 1 is 1.36 bits per heavy atom. The van der Waals surface area contributed by atoms with Crippen LogP contribution in [0.15, 0.2) is 28.8 Å². The highest BCUT2D eigenvalue weighted by molar-refractivity contribution is 5.96. The fourth-order valence-electron chi connectivity index (χ4n) is 2.50. The van der Waals surface area contributed by atoms with Gasteiger partial charge in [0.2, 0.25) is 0 Å². The van der Waals surface area contributed by atoms with Crippen molar-refractivity contribution in [3.63, 3.8) is 0 Å². The van der Waals surface area contributed by atoms with Crippen molar-refractivity contribution < 1.29 is 9.32 Å². The van der Waals surface area contributed by atoms with Gasteiger partial charge in [-0.3, -0.25) is 4.79 Å². The molecule has 0 aliphatic heterocycles. The molecule has 3 aromatic rings. The minimum Gasteiger partial charge on any atom is -0.361 e. The fourth-order valence-corrected chi connectivity index (χ4v) is 2.50. The SMILES string of the molecule is CCc1noc(C)c1C(=O)N(C)Cc1nc2ccccc2[nH]1. The Bertz CT molecular complexity index is 786. The van der Waals surface area contributed by atoms with Gasteiger partial charge in [-0.25, -0.2) is 4.98 Å². The molecule has 0 saturated carbocycles. The Labute approximate surface area is 128 Å². The third-order valence-corrected chi connectivity index (χ3v) is 3.65. The van der Waals surface area contributed by atoms with Crippen molar-refractivity contribution in [3.05, 3.63) is 47.1 Å². The van der Waals surface area contributed by atoms with Crippen LogP contribution >= 0.6 is 0 Å². The Kier molecular flexibility index (Phi) is 3.66. The van der Waals surface area contributed by atoms with Crippen LogP contribution in [0.5, 0.6) is 0 Å². The van der Waals surface area contributed by atoms with Gasteiger partial charge in [0.15, 0.2) is 0 Å². The zero-order valence-electron chi connectivity index (χ0n) is 12.9. The monoisotopic (exact) mass is 298 g/mol. The van der Waals surface area contributed by atoms with Crippen LogP contribution in [0.3, 0.4) is 0 Å².